The molecule has 0 aromatic rings. The summed E-state index contributed by atoms with van der Waals surface area (Å²) in [4.78, 5) is 11.1. The first-order valence-electron chi connectivity index (χ1n) is 3.98. The van der Waals surface area contributed by atoms with E-state index < -0.39 is 0 Å². The molecule has 3 heteroatoms. The summed E-state index contributed by atoms with van der Waals surface area (Å²) in [5, 5.41) is 0. The lowest BCUT2D eigenvalue weighted by Gasteiger charge is -2.12. The average Bonchev–Trinajstić information content (AvgIpc) is 1.86. The molecule has 0 aromatic heterocycles. The van der Waals surface area contributed by atoms with Gasteiger partial charge in [0.25, 0.3) is 0 Å². The van der Waals surface area contributed by atoms with E-state index in [0.29, 0.717) is 13.0 Å². The molecule has 11 heavy (non-hydrogen) atoms. The summed E-state index contributed by atoms with van der Waals surface area (Å²) < 4.78 is 4.97. The van der Waals surface area contributed by atoms with Crippen LogP contribution in [-0.2, 0) is 9.53 Å². The molecule has 0 fully saturated rings. The molecule has 0 heterocycles. The van der Waals surface area contributed by atoms with Crippen molar-refractivity contribution < 1.29 is 9.53 Å². The zero-order chi connectivity index (χ0) is 8.85. The van der Waals surface area contributed by atoms with E-state index in [-0.39, 0.29) is 18.0 Å². The van der Waals surface area contributed by atoms with Crippen molar-refractivity contribution in [2.75, 3.05) is 6.54 Å². The Morgan fingerprint density at radius 3 is 2.36 bits per heavy atom. The zero-order valence-corrected chi connectivity index (χ0v) is 7.46. The van der Waals surface area contributed by atoms with Gasteiger partial charge in [-0.1, -0.05) is 6.92 Å². The van der Waals surface area contributed by atoms with Crippen LogP contribution in [0.2, 0.25) is 0 Å². The summed E-state index contributed by atoms with van der Waals surface area (Å²) in [5.74, 6) is -0.215. The van der Waals surface area contributed by atoms with E-state index in [1.165, 1.54) is 0 Å². The van der Waals surface area contributed by atoms with Crippen LogP contribution in [0, 0.1) is 5.92 Å². The Bertz CT molecular complexity index is 123. The first kappa shape index (κ1) is 10.4. The van der Waals surface area contributed by atoms with Crippen LogP contribution >= 0.6 is 0 Å². The lowest BCUT2D eigenvalue weighted by Crippen LogP contribution is -2.21. The van der Waals surface area contributed by atoms with Crippen molar-refractivity contribution in [3.63, 3.8) is 0 Å². The third-order valence-electron chi connectivity index (χ3n) is 1.35. The molecule has 0 saturated carbocycles. The number of carbonyl (C=O) groups is 1. The molecule has 3 nitrogen and oxygen atoms in total. The summed E-state index contributed by atoms with van der Waals surface area (Å²) >= 11 is 0. The number of rotatable bonds is 4. The van der Waals surface area contributed by atoms with Gasteiger partial charge in [0.2, 0.25) is 0 Å². The van der Waals surface area contributed by atoms with Crippen LogP contribution in [0.4, 0.5) is 0 Å². The van der Waals surface area contributed by atoms with E-state index in [1.54, 1.807) is 0 Å². The predicted octanol–water partition coefficient (Wildman–Crippen LogP) is 0.923. The third kappa shape index (κ3) is 4.79. The van der Waals surface area contributed by atoms with Crippen molar-refractivity contribution in [3.05, 3.63) is 0 Å². The van der Waals surface area contributed by atoms with Gasteiger partial charge >= 0.3 is 5.97 Å². The average molecular weight is 159 g/mol. The number of esters is 1. The minimum Gasteiger partial charge on any atom is -0.463 e. The maximum atomic E-state index is 11.1. The van der Waals surface area contributed by atoms with Crippen molar-refractivity contribution in [1.29, 1.82) is 0 Å². The van der Waals surface area contributed by atoms with Gasteiger partial charge in [0, 0.05) is 0 Å². The summed E-state index contributed by atoms with van der Waals surface area (Å²) in [6.45, 7) is 6.05. The van der Waals surface area contributed by atoms with Crippen LogP contribution in [0.15, 0.2) is 0 Å². The molecule has 0 saturated heterocycles. The van der Waals surface area contributed by atoms with E-state index in [1.807, 2.05) is 20.8 Å². The fourth-order valence-electron chi connectivity index (χ4n) is 0.716. The fraction of sp³-hybridized carbons (Fsp3) is 0.875. The highest BCUT2D eigenvalue weighted by Crippen LogP contribution is 2.04. The Morgan fingerprint density at radius 1 is 1.45 bits per heavy atom. The molecule has 1 unspecified atom stereocenters. The SMILES string of the molecule is CC(C)OC(=O)C(C)CCN. The standard InChI is InChI=1S/C8H17NO2/c1-6(2)11-8(10)7(3)4-5-9/h6-7H,4-5,9H2,1-3H3. The van der Waals surface area contributed by atoms with Crippen LogP contribution in [0.25, 0.3) is 0 Å². The Morgan fingerprint density at radius 2 is 2.00 bits per heavy atom. The quantitative estimate of drug-likeness (QED) is 0.621. The molecule has 66 valence electrons. The summed E-state index contributed by atoms with van der Waals surface area (Å²) in [7, 11) is 0. The second-order valence-electron chi connectivity index (χ2n) is 2.96. The van der Waals surface area contributed by atoms with Gasteiger partial charge in [0.05, 0.1) is 12.0 Å². The minimum atomic E-state index is -0.148. The van der Waals surface area contributed by atoms with Crippen LogP contribution in [0.1, 0.15) is 27.2 Å². The van der Waals surface area contributed by atoms with Crippen LogP contribution in [0.3, 0.4) is 0 Å². The molecular formula is C8H17NO2. The molecule has 0 amide bonds. The zero-order valence-electron chi connectivity index (χ0n) is 7.46. The van der Waals surface area contributed by atoms with E-state index in [4.69, 9.17) is 10.5 Å². The lowest BCUT2D eigenvalue weighted by atomic mass is 10.1. The number of carbonyl (C=O) groups excluding carboxylic acids is 1. The summed E-state index contributed by atoms with van der Waals surface area (Å²) in [6, 6.07) is 0. The number of hydrogen-bond donors (Lipinski definition) is 1. The molecular weight excluding hydrogens is 142 g/mol. The molecule has 2 N–H and O–H groups in total. The van der Waals surface area contributed by atoms with Crippen LogP contribution < -0.4 is 5.73 Å². The Hall–Kier alpha value is -0.570. The number of hydrogen-bond acceptors (Lipinski definition) is 3. The van der Waals surface area contributed by atoms with Crippen molar-refractivity contribution in [2.24, 2.45) is 11.7 Å². The van der Waals surface area contributed by atoms with Gasteiger partial charge in [-0.05, 0) is 26.8 Å². The van der Waals surface area contributed by atoms with Gasteiger partial charge < -0.3 is 10.5 Å². The normalized spacial score (nSPS) is 13.2. The maximum Gasteiger partial charge on any atom is 0.308 e. The van der Waals surface area contributed by atoms with E-state index in [0.717, 1.165) is 0 Å². The van der Waals surface area contributed by atoms with Gasteiger partial charge in [-0.3, -0.25) is 4.79 Å². The monoisotopic (exact) mass is 159 g/mol. The molecule has 0 radical (unpaired) electrons. The molecule has 1 atom stereocenters. The molecule has 0 bridgehead atoms. The Labute approximate surface area is 67.9 Å². The minimum absolute atomic E-state index is 0.0253. The molecule has 0 rings (SSSR count). The third-order valence-corrected chi connectivity index (χ3v) is 1.35. The first-order valence-corrected chi connectivity index (χ1v) is 3.98. The topological polar surface area (TPSA) is 52.3 Å². The summed E-state index contributed by atoms with van der Waals surface area (Å²) in [6.07, 6.45) is 0.675. The molecule has 0 aliphatic carbocycles. The fourth-order valence-corrected chi connectivity index (χ4v) is 0.716. The smallest absolute Gasteiger partial charge is 0.308 e. The van der Waals surface area contributed by atoms with Crippen molar-refractivity contribution in [3.8, 4) is 0 Å². The van der Waals surface area contributed by atoms with Gasteiger partial charge in [0.1, 0.15) is 0 Å². The van der Waals surface area contributed by atoms with Gasteiger partial charge in [0.15, 0.2) is 0 Å². The van der Waals surface area contributed by atoms with E-state index in [9.17, 15) is 4.79 Å². The maximum absolute atomic E-state index is 11.1. The van der Waals surface area contributed by atoms with E-state index in [2.05, 4.69) is 0 Å². The largest absolute Gasteiger partial charge is 0.463 e. The van der Waals surface area contributed by atoms with Gasteiger partial charge in [-0.15, -0.1) is 0 Å². The summed E-state index contributed by atoms with van der Waals surface area (Å²) in [5.41, 5.74) is 5.29. The highest BCUT2D eigenvalue weighted by atomic mass is 16.5. The van der Waals surface area contributed by atoms with Crippen molar-refractivity contribution in [1.82, 2.24) is 0 Å². The first-order chi connectivity index (χ1) is 5.07. The molecule has 0 aliphatic heterocycles. The highest BCUT2D eigenvalue weighted by molar-refractivity contribution is 5.72. The van der Waals surface area contributed by atoms with Gasteiger partial charge in [-0.25, -0.2) is 0 Å². The van der Waals surface area contributed by atoms with Crippen molar-refractivity contribution in [2.45, 2.75) is 33.3 Å². The highest BCUT2D eigenvalue weighted by Gasteiger charge is 2.13. The van der Waals surface area contributed by atoms with Crippen molar-refractivity contribution >= 4 is 5.97 Å². The Kier molecular flexibility index (Phi) is 4.86. The number of ether oxygens (including phenoxy) is 1. The number of nitrogens with two attached hydrogens (primary N) is 1. The van der Waals surface area contributed by atoms with Crippen LogP contribution in [-0.4, -0.2) is 18.6 Å². The van der Waals surface area contributed by atoms with Crippen LogP contribution in [0.5, 0.6) is 0 Å². The lowest BCUT2D eigenvalue weighted by molar-refractivity contribution is -0.151. The second kappa shape index (κ2) is 5.13. The Balaban J connectivity index is 3.64. The van der Waals surface area contributed by atoms with E-state index >= 15 is 0 Å². The molecule has 0 aromatic carbocycles. The molecule has 0 spiro atoms. The van der Waals surface area contributed by atoms with Gasteiger partial charge in [-0.2, -0.15) is 0 Å². The second-order valence-corrected chi connectivity index (χ2v) is 2.96. The predicted molar refractivity (Wildman–Crippen MR) is 44.1 cm³/mol. The molecule has 0 aliphatic rings.